The minimum Gasteiger partial charge on any atom is -0.468 e. The molecule has 1 heterocycles. The third kappa shape index (κ3) is 1.76. The first-order valence-corrected chi connectivity index (χ1v) is 4.14. The van der Waals surface area contributed by atoms with E-state index in [1.807, 2.05) is 0 Å². The zero-order valence-electron chi connectivity index (χ0n) is 7.49. The molecule has 70 valence electrons. The summed E-state index contributed by atoms with van der Waals surface area (Å²) < 4.78 is 4.62. The van der Waals surface area contributed by atoms with Crippen molar-refractivity contribution in [2.24, 2.45) is 0 Å². The minimum atomic E-state index is -0.497. The summed E-state index contributed by atoms with van der Waals surface area (Å²) in [5.41, 5.74) is 0. The zero-order chi connectivity index (χ0) is 9.14. The molecule has 1 rings (SSSR count). The zero-order valence-corrected chi connectivity index (χ0v) is 7.49. The average molecular weight is 173 g/mol. The van der Waals surface area contributed by atoms with Crippen molar-refractivity contribution in [1.29, 1.82) is 0 Å². The van der Waals surface area contributed by atoms with E-state index in [1.165, 1.54) is 7.11 Å². The molecule has 0 aromatic carbocycles. The van der Waals surface area contributed by atoms with E-state index < -0.39 is 6.23 Å². The topological polar surface area (TPSA) is 49.8 Å². The van der Waals surface area contributed by atoms with E-state index >= 15 is 0 Å². The smallest absolute Gasteiger partial charge is 0.323 e. The number of likely N-dealkylation sites (tertiary alicyclic amines) is 1. The quantitative estimate of drug-likeness (QED) is 0.565. The molecule has 0 bridgehead atoms. The Kier molecular flexibility index (Phi) is 3.05. The van der Waals surface area contributed by atoms with Gasteiger partial charge in [-0.25, -0.2) is 0 Å². The Balaban J connectivity index is 2.57. The third-order valence-electron chi connectivity index (χ3n) is 2.37. The largest absolute Gasteiger partial charge is 0.468 e. The van der Waals surface area contributed by atoms with Crippen LogP contribution in [0.1, 0.15) is 19.3 Å². The number of carbonyl (C=O) groups is 1. The molecular weight excluding hydrogens is 158 g/mol. The van der Waals surface area contributed by atoms with Crippen LogP contribution in [-0.4, -0.2) is 42.4 Å². The predicted molar refractivity (Wildman–Crippen MR) is 43.4 cm³/mol. The Morgan fingerprint density at radius 1 is 1.58 bits per heavy atom. The summed E-state index contributed by atoms with van der Waals surface area (Å²) in [6.45, 7) is 0. The van der Waals surface area contributed by atoms with Gasteiger partial charge in [-0.3, -0.25) is 9.69 Å². The van der Waals surface area contributed by atoms with E-state index in [-0.39, 0.29) is 12.0 Å². The molecule has 0 aliphatic carbocycles. The molecule has 4 heteroatoms. The van der Waals surface area contributed by atoms with Crippen LogP contribution in [0.4, 0.5) is 0 Å². The van der Waals surface area contributed by atoms with Gasteiger partial charge in [0.1, 0.15) is 12.3 Å². The summed E-state index contributed by atoms with van der Waals surface area (Å²) in [5.74, 6) is -0.253. The molecule has 0 spiro atoms. The molecular formula is C8H15NO3. The number of rotatable bonds is 1. The number of piperidine rings is 1. The standard InChI is InChI=1S/C8H15NO3/c1-9-6(8(11)12-2)4-3-5-7(9)10/h6-7,10H,3-5H2,1-2H3. The molecule has 2 atom stereocenters. The summed E-state index contributed by atoms with van der Waals surface area (Å²) in [4.78, 5) is 12.8. The second-order valence-corrected chi connectivity index (χ2v) is 3.12. The first-order valence-electron chi connectivity index (χ1n) is 4.14. The Morgan fingerprint density at radius 3 is 2.83 bits per heavy atom. The Bertz CT molecular complexity index is 172. The van der Waals surface area contributed by atoms with Crippen molar-refractivity contribution in [3.63, 3.8) is 0 Å². The molecule has 4 nitrogen and oxygen atoms in total. The van der Waals surface area contributed by atoms with Crippen LogP contribution >= 0.6 is 0 Å². The van der Waals surface area contributed by atoms with Crippen molar-refractivity contribution in [2.75, 3.05) is 14.2 Å². The lowest BCUT2D eigenvalue weighted by Crippen LogP contribution is -2.48. The van der Waals surface area contributed by atoms with Gasteiger partial charge in [-0.1, -0.05) is 0 Å². The Hall–Kier alpha value is -0.610. The van der Waals surface area contributed by atoms with E-state index in [2.05, 4.69) is 4.74 Å². The molecule has 0 radical (unpaired) electrons. The van der Waals surface area contributed by atoms with Gasteiger partial charge in [0, 0.05) is 0 Å². The monoisotopic (exact) mass is 173 g/mol. The molecule has 1 saturated heterocycles. The van der Waals surface area contributed by atoms with E-state index in [0.717, 1.165) is 19.3 Å². The molecule has 0 amide bonds. The van der Waals surface area contributed by atoms with Crippen LogP contribution in [0.3, 0.4) is 0 Å². The van der Waals surface area contributed by atoms with Crippen molar-refractivity contribution < 1.29 is 14.6 Å². The van der Waals surface area contributed by atoms with Crippen LogP contribution in [-0.2, 0) is 9.53 Å². The lowest BCUT2D eigenvalue weighted by atomic mass is 10.0. The van der Waals surface area contributed by atoms with Crippen LogP contribution in [0.15, 0.2) is 0 Å². The second-order valence-electron chi connectivity index (χ2n) is 3.12. The minimum absolute atomic E-state index is 0.253. The molecule has 0 aromatic rings. The van der Waals surface area contributed by atoms with Crippen molar-refractivity contribution in [2.45, 2.75) is 31.5 Å². The van der Waals surface area contributed by atoms with Crippen LogP contribution in [0.2, 0.25) is 0 Å². The van der Waals surface area contributed by atoms with Crippen molar-refractivity contribution in [3.05, 3.63) is 0 Å². The number of esters is 1. The van der Waals surface area contributed by atoms with Crippen LogP contribution in [0, 0.1) is 0 Å². The third-order valence-corrected chi connectivity index (χ3v) is 2.37. The summed E-state index contributed by atoms with van der Waals surface area (Å²) >= 11 is 0. The van der Waals surface area contributed by atoms with Crippen molar-refractivity contribution >= 4 is 5.97 Å². The molecule has 1 aliphatic heterocycles. The van der Waals surface area contributed by atoms with Crippen molar-refractivity contribution in [1.82, 2.24) is 4.90 Å². The maximum Gasteiger partial charge on any atom is 0.323 e. The number of aliphatic hydroxyl groups excluding tert-OH is 1. The Morgan fingerprint density at radius 2 is 2.25 bits per heavy atom. The maximum atomic E-state index is 11.1. The molecule has 12 heavy (non-hydrogen) atoms. The van der Waals surface area contributed by atoms with Crippen LogP contribution in [0.5, 0.6) is 0 Å². The van der Waals surface area contributed by atoms with Crippen LogP contribution < -0.4 is 0 Å². The summed E-state index contributed by atoms with van der Waals surface area (Å²) in [6.07, 6.45) is 1.90. The number of likely N-dealkylation sites (N-methyl/N-ethyl adjacent to an activating group) is 1. The van der Waals surface area contributed by atoms with E-state index in [9.17, 15) is 9.90 Å². The average Bonchev–Trinajstić information content (AvgIpc) is 2.08. The summed E-state index contributed by atoms with van der Waals surface area (Å²) in [5, 5.41) is 9.41. The Labute approximate surface area is 72.1 Å². The maximum absolute atomic E-state index is 11.1. The highest BCUT2D eigenvalue weighted by molar-refractivity contribution is 5.75. The number of hydrogen-bond donors (Lipinski definition) is 1. The highest BCUT2D eigenvalue weighted by atomic mass is 16.5. The molecule has 1 N–H and O–H groups in total. The molecule has 0 saturated carbocycles. The molecule has 0 aromatic heterocycles. The van der Waals surface area contributed by atoms with E-state index in [1.54, 1.807) is 11.9 Å². The highest BCUT2D eigenvalue weighted by Gasteiger charge is 2.31. The normalized spacial score (nSPS) is 31.6. The van der Waals surface area contributed by atoms with Crippen molar-refractivity contribution in [3.8, 4) is 0 Å². The van der Waals surface area contributed by atoms with E-state index in [0.29, 0.717) is 0 Å². The van der Waals surface area contributed by atoms with Gasteiger partial charge in [-0.05, 0) is 26.3 Å². The van der Waals surface area contributed by atoms with Gasteiger partial charge in [0.2, 0.25) is 0 Å². The first-order chi connectivity index (χ1) is 5.66. The number of carbonyl (C=O) groups excluding carboxylic acids is 1. The first kappa shape index (κ1) is 9.48. The second kappa shape index (κ2) is 3.87. The number of aliphatic hydroxyl groups is 1. The highest BCUT2D eigenvalue weighted by Crippen LogP contribution is 2.20. The van der Waals surface area contributed by atoms with Gasteiger partial charge in [-0.15, -0.1) is 0 Å². The number of hydrogen-bond acceptors (Lipinski definition) is 4. The fourth-order valence-corrected chi connectivity index (χ4v) is 1.53. The predicted octanol–water partition coefficient (Wildman–Crippen LogP) is -0.0379. The SMILES string of the molecule is COC(=O)C1CCCC(O)N1C. The van der Waals surface area contributed by atoms with Gasteiger partial charge < -0.3 is 9.84 Å². The van der Waals surface area contributed by atoms with Crippen LogP contribution in [0.25, 0.3) is 0 Å². The summed E-state index contributed by atoms with van der Waals surface area (Å²) in [6, 6.07) is -0.265. The lowest BCUT2D eigenvalue weighted by Gasteiger charge is -2.34. The van der Waals surface area contributed by atoms with Gasteiger partial charge in [0.05, 0.1) is 7.11 Å². The molecule has 1 aliphatic rings. The molecule has 1 fully saturated rings. The van der Waals surface area contributed by atoms with Gasteiger partial charge in [0.25, 0.3) is 0 Å². The fourth-order valence-electron chi connectivity index (χ4n) is 1.53. The van der Waals surface area contributed by atoms with Gasteiger partial charge in [0.15, 0.2) is 0 Å². The number of nitrogens with zero attached hydrogens (tertiary/aromatic N) is 1. The lowest BCUT2D eigenvalue weighted by molar-refractivity contribution is -0.154. The molecule has 2 unspecified atom stereocenters. The fraction of sp³-hybridized carbons (Fsp3) is 0.875. The number of ether oxygens (including phenoxy) is 1. The number of methoxy groups -OCH3 is 1. The van der Waals surface area contributed by atoms with Gasteiger partial charge in [-0.2, -0.15) is 0 Å². The van der Waals surface area contributed by atoms with Gasteiger partial charge >= 0.3 is 5.97 Å². The summed E-state index contributed by atoms with van der Waals surface area (Å²) in [7, 11) is 3.11. The van der Waals surface area contributed by atoms with E-state index in [4.69, 9.17) is 0 Å².